The van der Waals surface area contributed by atoms with Crippen LogP contribution in [0.2, 0.25) is 5.02 Å². The van der Waals surface area contributed by atoms with Crippen LogP contribution >= 0.6 is 11.6 Å². The van der Waals surface area contributed by atoms with E-state index in [0.29, 0.717) is 18.6 Å². The monoisotopic (exact) mass is 330 g/mol. The van der Waals surface area contributed by atoms with E-state index in [1.54, 1.807) is 0 Å². The molecule has 0 aliphatic heterocycles. The first kappa shape index (κ1) is 15.4. The fourth-order valence-electron chi connectivity index (χ4n) is 2.84. The molecule has 1 unspecified atom stereocenters. The van der Waals surface area contributed by atoms with E-state index in [-0.39, 0.29) is 16.9 Å². The number of halogens is 4. The van der Waals surface area contributed by atoms with Crippen molar-refractivity contribution in [2.75, 3.05) is 0 Å². The van der Waals surface area contributed by atoms with Crippen LogP contribution in [0.15, 0.2) is 41.2 Å². The third-order valence-electron chi connectivity index (χ3n) is 3.98. The minimum atomic E-state index is -4.42. The fraction of sp³-hybridized carbons (Fsp3) is 0.375. The van der Waals surface area contributed by atoms with Crippen molar-refractivity contribution in [3.8, 4) is 5.75 Å². The molecule has 1 aromatic rings. The SMILES string of the molecule is OC1CCC2=C1CCC(Oc1ccc(C(F)(F)F)cc1Cl)=C2. The number of hydrogen-bond donors (Lipinski definition) is 1. The van der Waals surface area contributed by atoms with Gasteiger partial charge in [0.2, 0.25) is 0 Å². The highest BCUT2D eigenvalue weighted by atomic mass is 35.5. The molecule has 0 radical (unpaired) electrons. The van der Waals surface area contributed by atoms with Gasteiger partial charge in [0, 0.05) is 6.42 Å². The highest BCUT2D eigenvalue weighted by molar-refractivity contribution is 6.32. The number of hydrogen-bond acceptors (Lipinski definition) is 2. The summed E-state index contributed by atoms with van der Waals surface area (Å²) in [6, 6.07) is 3.05. The molecule has 0 aromatic heterocycles. The molecule has 0 fully saturated rings. The minimum Gasteiger partial charge on any atom is -0.460 e. The van der Waals surface area contributed by atoms with E-state index in [1.165, 1.54) is 6.07 Å². The number of allylic oxidation sites excluding steroid dienone is 3. The lowest BCUT2D eigenvalue weighted by molar-refractivity contribution is -0.137. The summed E-state index contributed by atoms with van der Waals surface area (Å²) in [5, 5.41) is 9.73. The van der Waals surface area contributed by atoms with E-state index in [2.05, 4.69) is 0 Å². The standard InChI is InChI=1S/C16H14ClF3O2/c17-13-8-10(16(18,19)20)2-6-15(13)22-11-3-4-12-9(7-11)1-5-14(12)21/h2,6-8,14,21H,1,3-5H2. The Bertz CT molecular complexity index is 662. The van der Waals surface area contributed by atoms with Crippen molar-refractivity contribution in [3.63, 3.8) is 0 Å². The molecule has 118 valence electrons. The van der Waals surface area contributed by atoms with Crippen LogP contribution in [0.4, 0.5) is 13.2 Å². The summed E-state index contributed by atoms with van der Waals surface area (Å²) in [7, 11) is 0. The van der Waals surface area contributed by atoms with Crippen LogP contribution in [0.5, 0.6) is 5.75 Å². The second-order valence-electron chi connectivity index (χ2n) is 5.46. The molecule has 0 spiro atoms. The number of benzene rings is 1. The van der Waals surface area contributed by atoms with Gasteiger partial charge in [-0.25, -0.2) is 0 Å². The van der Waals surface area contributed by atoms with Crippen LogP contribution in [-0.4, -0.2) is 11.2 Å². The maximum atomic E-state index is 12.6. The van der Waals surface area contributed by atoms with Crippen molar-refractivity contribution in [2.24, 2.45) is 0 Å². The van der Waals surface area contributed by atoms with Gasteiger partial charge in [0.05, 0.1) is 16.7 Å². The highest BCUT2D eigenvalue weighted by Gasteiger charge is 2.31. The zero-order valence-corrected chi connectivity index (χ0v) is 12.3. The summed E-state index contributed by atoms with van der Waals surface area (Å²) >= 11 is 5.88. The van der Waals surface area contributed by atoms with Crippen molar-refractivity contribution < 1.29 is 23.0 Å². The zero-order chi connectivity index (χ0) is 15.9. The lowest BCUT2D eigenvalue weighted by Crippen LogP contribution is -2.09. The molecule has 6 heteroatoms. The van der Waals surface area contributed by atoms with E-state index in [1.807, 2.05) is 6.08 Å². The normalized spacial score (nSPS) is 21.7. The third kappa shape index (κ3) is 3.01. The summed E-state index contributed by atoms with van der Waals surface area (Å²) in [4.78, 5) is 0. The largest absolute Gasteiger partial charge is 0.460 e. The van der Waals surface area contributed by atoms with Gasteiger partial charge in [0.25, 0.3) is 0 Å². The van der Waals surface area contributed by atoms with Gasteiger partial charge in [0.1, 0.15) is 11.5 Å². The number of aliphatic hydroxyl groups is 1. The van der Waals surface area contributed by atoms with E-state index < -0.39 is 11.7 Å². The minimum absolute atomic E-state index is 0.0676. The Morgan fingerprint density at radius 3 is 2.64 bits per heavy atom. The van der Waals surface area contributed by atoms with Crippen LogP contribution in [0.1, 0.15) is 31.2 Å². The molecular formula is C16H14ClF3O2. The summed E-state index contributed by atoms with van der Waals surface area (Å²) < 4.78 is 43.4. The van der Waals surface area contributed by atoms with E-state index >= 15 is 0 Å². The predicted molar refractivity (Wildman–Crippen MR) is 76.7 cm³/mol. The van der Waals surface area contributed by atoms with Crippen molar-refractivity contribution in [3.05, 3.63) is 51.8 Å². The Labute approximate surface area is 130 Å². The van der Waals surface area contributed by atoms with Crippen LogP contribution < -0.4 is 4.74 Å². The average molecular weight is 331 g/mol. The van der Waals surface area contributed by atoms with E-state index in [9.17, 15) is 18.3 Å². The molecule has 1 atom stereocenters. The predicted octanol–water partition coefficient (Wildman–Crippen LogP) is 4.87. The molecule has 0 bridgehead atoms. The van der Waals surface area contributed by atoms with Gasteiger partial charge in [-0.1, -0.05) is 11.6 Å². The van der Waals surface area contributed by atoms with Gasteiger partial charge in [-0.05, 0) is 54.7 Å². The molecule has 3 rings (SSSR count). The molecule has 0 amide bonds. The van der Waals surface area contributed by atoms with Gasteiger partial charge < -0.3 is 9.84 Å². The first-order chi connectivity index (χ1) is 10.3. The van der Waals surface area contributed by atoms with Gasteiger partial charge >= 0.3 is 6.18 Å². The third-order valence-corrected chi connectivity index (χ3v) is 4.27. The molecule has 1 N–H and O–H groups in total. The van der Waals surface area contributed by atoms with Crippen LogP contribution in [0.3, 0.4) is 0 Å². The topological polar surface area (TPSA) is 29.5 Å². The zero-order valence-electron chi connectivity index (χ0n) is 11.6. The van der Waals surface area contributed by atoms with Gasteiger partial charge in [-0.15, -0.1) is 0 Å². The second kappa shape index (κ2) is 5.63. The quantitative estimate of drug-likeness (QED) is 0.838. The first-order valence-electron chi connectivity index (χ1n) is 7.00. The number of alkyl halides is 3. The number of ether oxygens (including phenoxy) is 1. The molecule has 2 aliphatic rings. The lowest BCUT2D eigenvalue weighted by Gasteiger charge is -2.18. The Morgan fingerprint density at radius 1 is 1.18 bits per heavy atom. The lowest BCUT2D eigenvalue weighted by atomic mass is 9.98. The Kier molecular flexibility index (Phi) is 3.95. The molecule has 0 saturated carbocycles. The van der Waals surface area contributed by atoms with Crippen molar-refractivity contribution in [1.82, 2.24) is 0 Å². The molecule has 0 heterocycles. The van der Waals surface area contributed by atoms with Crippen LogP contribution in [-0.2, 0) is 6.18 Å². The fourth-order valence-corrected chi connectivity index (χ4v) is 3.06. The van der Waals surface area contributed by atoms with E-state index in [0.717, 1.165) is 36.1 Å². The Hall–Kier alpha value is -1.46. The van der Waals surface area contributed by atoms with Crippen molar-refractivity contribution in [2.45, 2.75) is 38.0 Å². The highest BCUT2D eigenvalue weighted by Crippen LogP contribution is 2.39. The summed E-state index contributed by atoms with van der Waals surface area (Å²) in [5.41, 5.74) is 1.31. The van der Waals surface area contributed by atoms with Crippen molar-refractivity contribution in [1.29, 1.82) is 0 Å². The summed E-state index contributed by atoms with van der Waals surface area (Å²) in [5.74, 6) is 0.873. The second-order valence-corrected chi connectivity index (χ2v) is 5.87. The number of rotatable bonds is 2. The smallest absolute Gasteiger partial charge is 0.416 e. The van der Waals surface area contributed by atoms with E-state index in [4.69, 9.17) is 16.3 Å². The van der Waals surface area contributed by atoms with Crippen molar-refractivity contribution >= 4 is 11.6 Å². The summed E-state index contributed by atoms with van der Waals surface area (Å²) in [6.45, 7) is 0. The Morgan fingerprint density at radius 2 is 1.95 bits per heavy atom. The molecule has 0 saturated heterocycles. The van der Waals surface area contributed by atoms with Crippen LogP contribution in [0, 0.1) is 0 Å². The Balaban J connectivity index is 1.80. The van der Waals surface area contributed by atoms with Gasteiger partial charge in [-0.3, -0.25) is 0 Å². The first-order valence-corrected chi connectivity index (χ1v) is 7.37. The molecule has 2 nitrogen and oxygen atoms in total. The molecule has 2 aliphatic carbocycles. The maximum absolute atomic E-state index is 12.6. The molecular weight excluding hydrogens is 317 g/mol. The van der Waals surface area contributed by atoms with Gasteiger partial charge in [0.15, 0.2) is 0 Å². The summed E-state index contributed by atoms with van der Waals surface area (Å²) in [6.07, 6.45) is -0.106. The van der Waals surface area contributed by atoms with Crippen LogP contribution in [0.25, 0.3) is 0 Å². The number of aliphatic hydroxyl groups excluding tert-OH is 1. The average Bonchev–Trinajstić information content (AvgIpc) is 2.81. The van der Waals surface area contributed by atoms with Gasteiger partial charge in [-0.2, -0.15) is 13.2 Å². The molecule has 1 aromatic carbocycles. The maximum Gasteiger partial charge on any atom is 0.416 e. The molecule has 22 heavy (non-hydrogen) atoms.